The number of nitrogens with one attached hydrogen (secondary N) is 3. The van der Waals surface area contributed by atoms with Crippen LogP contribution in [0.1, 0.15) is 16.7 Å². The molecule has 24 heavy (non-hydrogen) atoms. The van der Waals surface area contributed by atoms with Gasteiger partial charge in [0.05, 0.1) is 14.2 Å². The van der Waals surface area contributed by atoms with Gasteiger partial charge in [0.15, 0.2) is 13.1 Å². The minimum atomic E-state index is -0.510. The van der Waals surface area contributed by atoms with Gasteiger partial charge in [-0.25, -0.2) is 0 Å². The van der Waals surface area contributed by atoms with Crippen LogP contribution >= 0.6 is 0 Å². The zero-order valence-electron chi connectivity index (χ0n) is 14.9. The summed E-state index contributed by atoms with van der Waals surface area (Å²) in [7, 11) is 3.00. The number of carbonyl (C=O) groups is 3. The highest BCUT2D eigenvalue weighted by atomic mass is 16.5. The zero-order chi connectivity index (χ0) is 18.3. The molecule has 0 saturated heterocycles. The van der Waals surface area contributed by atoms with Crippen LogP contribution in [0.3, 0.4) is 0 Å². The van der Waals surface area contributed by atoms with E-state index in [2.05, 4.69) is 15.4 Å². The van der Waals surface area contributed by atoms with Crippen molar-refractivity contribution in [3.8, 4) is 0 Å². The summed E-state index contributed by atoms with van der Waals surface area (Å²) >= 11 is 0. The summed E-state index contributed by atoms with van der Waals surface area (Å²) in [5.74, 6) is -0.985. The Hall–Kier alpha value is -2.41. The molecule has 0 aliphatic heterocycles. The molecule has 0 radical (unpaired) electrons. The Morgan fingerprint density at radius 1 is 1.04 bits per heavy atom. The number of likely N-dealkylation sites (N-methyl/N-ethyl adjacent to an activating group) is 1. The Bertz CT molecular complexity index is 605. The van der Waals surface area contributed by atoms with E-state index in [0.717, 1.165) is 27.3 Å². The van der Waals surface area contributed by atoms with E-state index in [1.165, 1.54) is 7.11 Å². The Labute approximate surface area is 142 Å². The van der Waals surface area contributed by atoms with Gasteiger partial charge in [0.1, 0.15) is 6.54 Å². The average Bonchev–Trinajstić information content (AvgIpc) is 2.48. The van der Waals surface area contributed by atoms with E-state index in [4.69, 9.17) is 0 Å². The molecule has 0 spiro atoms. The van der Waals surface area contributed by atoms with E-state index in [-0.39, 0.29) is 31.4 Å². The minimum Gasteiger partial charge on any atom is -0.468 e. The van der Waals surface area contributed by atoms with Crippen molar-refractivity contribution in [3.05, 3.63) is 28.8 Å². The van der Waals surface area contributed by atoms with Gasteiger partial charge < -0.3 is 20.3 Å². The number of methoxy groups -OCH3 is 1. The van der Waals surface area contributed by atoms with Crippen molar-refractivity contribution in [1.82, 2.24) is 5.32 Å². The van der Waals surface area contributed by atoms with Gasteiger partial charge in [-0.15, -0.1) is 0 Å². The van der Waals surface area contributed by atoms with Crippen LogP contribution in [0.4, 0.5) is 5.69 Å². The van der Waals surface area contributed by atoms with E-state index >= 15 is 0 Å². The van der Waals surface area contributed by atoms with Crippen molar-refractivity contribution in [2.75, 3.05) is 39.1 Å². The maximum Gasteiger partial charge on any atom is 0.325 e. The van der Waals surface area contributed by atoms with Crippen LogP contribution in [0, 0.1) is 20.8 Å². The normalized spacial score (nSPS) is 11.5. The molecule has 0 bridgehead atoms. The number of quaternary nitrogens is 1. The largest absolute Gasteiger partial charge is 0.468 e. The van der Waals surface area contributed by atoms with Crippen LogP contribution in [0.15, 0.2) is 12.1 Å². The molecule has 1 rings (SSSR count). The number of ether oxygens (including phenoxy) is 1. The van der Waals surface area contributed by atoms with Crippen LogP contribution in [0.2, 0.25) is 0 Å². The number of hydrogen-bond acceptors (Lipinski definition) is 4. The third-order valence-electron chi connectivity index (χ3n) is 3.52. The smallest absolute Gasteiger partial charge is 0.325 e. The van der Waals surface area contributed by atoms with Crippen molar-refractivity contribution >= 4 is 23.5 Å². The molecule has 0 aromatic heterocycles. The first-order chi connectivity index (χ1) is 11.2. The highest BCUT2D eigenvalue weighted by Gasteiger charge is 2.16. The number of anilines is 1. The molecular formula is C17H26N3O4+. The number of esters is 1. The molecule has 7 heteroatoms. The van der Waals surface area contributed by atoms with Gasteiger partial charge in [0, 0.05) is 5.69 Å². The molecule has 1 unspecified atom stereocenters. The van der Waals surface area contributed by atoms with Gasteiger partial charge in [-0.2, -0.15) is 0 Å². The van der Waals surface area contributed by atoms with Gasteiger partial charge in [-0.05, 0) is 31.9 Å². The Balaban J connectivity index is 2.50. The van der Waals surface area contributed by atoms with Crippen molar-refractivity contribution < 1.29 is 24.0 Å². The molecule has 0 aliphatic carbocycles. The second kappa shape index (κ2) is 9.02. The number of benzene rings is 1. The summed E-state index contributed by atoms with van der Waals surface area (Å²) in [6.07, 6.45) is 0. The Kier molecular flexibility index (Phi) is 7.38. The standard InChI is InChI=1S/C17H25N3O4/c1-11-6-12(2)17(13(3)7-11)19-15(22)10-20(4)9-14(21)18-8-16(23)24-5/h6-7H,8-10H2,1-5H3,(H,18,21)(H,19,22)/p+1. The molecule has 7 nitrogen and oxygen atoms in total. The molecule has 1 aromatic carbocycles. The second-order valence-corrected chi connectivity index (χ2v) is 5.99. The highest BCUT2D eigenvalue weighted by Crippen LogP contribution is 2.21. The fourth-order valence-electron chi connectivity index (χ4n) is 2.48. The summed E-state index contributed by atoms with van der Waals surface area (Å²) in [5, 5.41) is 5.35. The number of carbonyl (C=O) groups excluding carboxylic acids is 3. The van der Waals surface area contributed by atoms with E-state index < -0.39 is 5.97 Å². The van der Waals surface area contributed by atoms with Crippen LogP contribution in [0.5, 0.6) is 0 Å². The first kappa shape index (κ1) is 19.6. The first-order valence-electron chi connectivity index (χ1n) is 7.75. The third kappa shape index (κ3) is 6.37. The topological polar surface area (TPSA) is 88.9 Å². The van der Waals surface area contributed by atoms with Gasteiger partial charge in [0.25, 0.3) is 11.8 Å². The number of aryl methyl sites for hydroxylation is 3. The molecule has 0 aliphatic rings. The monoisotopic (exact) mass is 336 g/mol. The lowest BCUT2D eigenvalue weighted by Gasteiger charge is -2.16. The van der Waals surface area contributed by atoms with E-state index in [1.54, 1.807) is 7.05 Å². The van der Waals surface area contributed by atoms with E-state index in [9.17, 15) is 14.4 Å². The predicted molar refractivity (Wildman–Crippen MR) is 90.9 cm³/mol. The van der Waals surface area contributed by atoms with E-state index in [1.807, 2.05) is 32.9 Å². The molecule has 0 saturated carbocycles. The lowest BCUT2D eigenvalue weighted by molar-refractivity contribution is -0.862. The summed E-state index contributed by atoms with van der Waals surface area (Å²) in [6, 6.07) is 4.03. The highest BCUT2D eigenvalue weighted by molar-refractivity contribution is 5.93. The van der Waals surface area contributed by atoms with Crippen molar-refractivity contribution in [1.29, 1.82) is 0 Å². The summed E-state index contributed by atoms with van der Waals surface area (Å²) in [6.45, 7) is 5.99. The molecular weight excluding hydrogens is 310 g/mol. The van der Waals surface area contributed by atoms with Crippen molar-refractivity contribution in [3.63, 3.8) is 0 Å². The summed E-state index contributed by atoms with van der Waals surface area (Å²) < 4.78 is 4.44. The second-order valence-electron chi connectivity index (χ2n) is 5.99. The van der Waals surface area contributed by atoms with Crippen LogP contribution in [-0.2, 0) is 19.1 Å². The van der Waals surface area contributed by atoms with Crippen molar-refractivity contribution in [2.45, 2.75) is 20.8 Å². The summed E-state index contributed by atoms with van der Waals surface area (Å²) in [4.78, 5) is 35.5. The fraction of sp³-hybridized carbons (Fsp3) is 0.471. The molecule has 3 N–H and O–H groups in total. The molecule has 1 aromatic rings. The quantitative estimate of drug-likeness (QED) is 0.578. The predicted octanol–water partition coefficient (Wildman–Crippen LogP) is -0.646. The van der Waals surface area contributed by atoms with Gasteiger partial charge in [-0.1, -0.05) is 17.7 Å². The number of amides is 2. The van der Waals surface area contributed by atoms with Crippen LogP contribution < -0.4 is 15.5 Å². The third-order valence-corrected chi connectivity index (χ3v) is 3.52. The Morgan fingerprint density at radius 3 is 2.12 bits per heavy atom. The van der Waals surface area contributed by atoms with E-state index in [0.29, 0.717) is 0 Å². The van der Waals surface area contributed by atoms with Gasteiger partial charge in [0.2, 0.25) is 0 Å². The maximum absolute atomic E-state index is 12.2. The Morgan fingerprint density at radius 2 is 1.58 bits per heavy atom. The maximum atomic E-state index is 12.2. The van der Waals surface area contributed by atoms with Crippen molar-refractivity contribution in [2.24, 2.45) is 0 Å². The molecule has 1 atom stereocenters. The minimum absolute atomic E-state index is 0.0935. The molecule has 0 heterocycles. The van der Waals surface area contributed by atoms with Gasteiger partial charge in [-0.3, -0.25) is 14.4 Å². The lowest BCUT2D eigenvalue weighted by Crippen LogP contribution is -3.11. The lowest BCUT2D eigenvalue weighted by atomic mass is 10.1. The summed E-state index contributed by atoms with van der Waals surface area (Å²) in [5.41, 5.74) is 3.98. The zero-order valence-corrected chi connectivity index (χ0v) is 14.9. The van der Waals surface area contributed by atoms with Crippen LogP contribution in [-0.4, -0.2) is 51.6 Å². The first-order valence-corrected chi connectivity index (χ1v) is 7.75. The molecule has 2 amide bonds. The molecule has 132 valence electrons. The molecule has 0 fully saturated rings. The average molecular weight is 336 g/mol. The SMILES string of the molecule is COC(=O)CNC(=O)C[NH+](C)CC(=O)Nc1c(C)cc(C)cc1C. The van der Waals surface area contributed by atoms with Crippen LogP contribution in [0.25, 0.3) is 0 Å². The number of hydrogen-bond donors (Lipinski definition) is 3. The fourth-order valence-corrected chi connectivity index (χ4v) is 2.48. The number of rotatable bonds is 7. The van der Waals surface area contributed by atoms with Gasteiger partial charge >= 0.3 is 5.97 Å².